The Balaban J connectivity index is 1.39. The van der Waals surface area contributed by atoms with E-state index in [9.17, 15) is 4.79 Å². The average molecular weight is 396 g/mol. The molecule has 0 N–H and O–H groups in total. The number of rotatable bonds is 4. The summed E-state index contributed by atoms with van der Waals surface area (Å²) >= 11 is 0. The molecular formula is C22H16N6O2. The number of benzene rings is 2. The van der Waals surface area contributed by atoms with Gasteiger partial charge in [0, 0.05) is 5.56 Å². The van der Waals surface area contributed by atoms with E-state index < -0.39 is 0 Å². The molecule has 0 fully saturated rings. The molecule has 8 heteroatoms. The van der Waals surface area contributed by atoms with Crippen molar-refractivity contribution >= 4 is 23.4 Å². The summed E-state index contributed by atoms with van der Waals surface area (Å²) < 4.78 is 7.53. The molecular weight excluding hydrogens is 380 g/mol. The number of amides is 1. The number of carbonyl (C=O) groups is 1. The normalized spacial score (nSPS) is 15.1. The number of para-hydroxylation sites is 1. The maximum absolute atomic E-state index is 12.8. The summed E-state index contributed by atoms with van der Waals surface area (Å²) in [6, 6.07) is 20.7. The van der Waals surface area contributed by atoms with Gasteiger partial charge < -0.3 is 4.42 Å². The largest absolute Gasteiger partial charge is 0.457 e. The van der Waals surface area contributed by atoms with Crippen LogP contribution in [0.25, 0.3) is 23.1 Å². The van der Waals surface area contributed by atoms with Gasteiger partial charge in [-0.3, -0.25) is 4.79 Å². The average Bonchev–Trinajstić information content (AvgIpc) is 3.53. The van der Waals surface area contributed by atoms with Gasteiger partial charge in [0.1, 0.15) is 17.8 Å². The molecule has 0 spiro atoms. The lowest BCUT2D eigenvalue weighted by molar-refractivity contribution is -0.114. The number of nitrogens with zero attached hydrogens (tertiary/aromatic N) is 6. The van der Waals surface area contributed by atoms with Gasteiger partial charge in [-0.25, -0.2) is 4.68 Å². The molecule has 0 aliphatic carbocycles. The Morgan fingerprint density at radius 2 is 1.73 bits per heavy atom. The van der Waals surface area contributed by atoms with E-state index in [0.717, 1.165) is 16.9 Å². The molecule has 8 nitrogen and oxygen atoms in total. The van der Waals surface area contributed by atoms with Gasteiger partial charge in [0.15, 0.2) is 0 Å². The molecule has 5 rings (SSSR count). The van der Waals surface area contributed by atoms with Crippen LogP contribution in [0.15, 0.2) is 88.1 Å². The van der Waals surface area contributed by atoms with Gasteiger partial charge in [0.05, 0.1) is 22.7 Å². The molecule has 146 valence electrons. The number of furan rings is 1. The predicted molar refractivity (Wildman–Crippen MR) is 112 cm³/mol. The van der Waals surface area contributed by atoms with Crippen LogP contribution >= 0.6 is 0 Å². The summed E-state index contributed by atoms with van der Waals surface area (Å²) in [5.74, 6) is 1.11. The number of hydrogen-bond donors (Lipinski definition) is 0. The van der Waals surface area contributed by atoms with Crippen LogP contribution < -0.4 is 5.01 Å². The van der Waals surface area contributed by atoms with Gasteiger partial charge in [-0.1, -0.05) is 18.2 Å². The molecule has 1 amide bonds. The summed E-state index contributed by atoms with van der Waals surface area (Å²) in [5, 5.41) is 16.9. The number of aromatic nitrogens is 4. The minimum absolute atomic E-state index is 0.178. The number of carbonyl (C=O) groups excluding carboxylic acids is 1. The van der Waals surface area contributed by atoms with Gasteiger partial charge >= 0.3 is 0 Å². The van der Waals surface area contributed by atoms with Crippen molar-refractivity contribution in [2.24, 2.45) is 5.10 Å². The van der Waals surface area contributed by atoms with Gasteiger partial charge in [0.25, 0.3) is 5.91 Å². The molecule has 0 atom stereocenters. The number of hydrogen-bond acceptors (Lipinski definition) is 6. The Morgan fingerprint density at radius 1 is 0.933 bits per heavy atom. The van der Waals surface area contributed by atoms with E-state index in [-0.39, 0.29) is 5.91 Å². The van der Waals surface area contributed by atoms with E-state index in [1.165, 1.54) is 11.3 Å². The highest BCUT2D eigenvalue weighted by Gasteiger charge is 2.28. The number of anilines is 1. The number of hydrazone groups is 1. The van der Waals surface area contributed by atoms with E-state index in [1.807, 2.05) is 73.7 Å². The third-order valence-electron chi connectivity index (χ3n) is 4.74. The second-order valence-electron chi connectivity index (χ2n) is 6.70. The fourth-order valence-electron chi connectivity index (χ4n) is 3.21. The zero-order chi connectivity index (χ0) is 20.5. The van der Waals surface area contributed by atoms with Crippen molar-refractivity contribution in [2.75, 3.05) is 5.01 Å². The minimum Gasteiger partial charge on any atom is -0.457 e. The van der Waals surface area contributed by atoms with Crippen molar-refractivity contribution < 1.29 is 9.21 Å². The Bertz CT molecular complexity index is 1250. The van der Waals surface area contributed by atoms with Crippen LogP contribution in [-0.4, -0.2) is 31.8 Å². The summed E-state index contributed by atoms with van der Waals surface area (Å²) in [6.07, 6.45) is 3.26. The van der Waals surface area contributed by atoms with Crippen LogP contribution in [0.2, 0.25) is 0 Å². The predicted octanol–water partition coefficient (Wildman–Crippen LogP) is 3.73. The van der Waals surface area contributed by atoms with Crippen molar-refractivity contribution in [3.63, 3.8) is 0 Å². The molecule has 2 aromatic heterocycles. The lowest BCUT2D eigenvalue weighted by atomic mass is 10.1. The first kappa shape index (κ1) is 17.7. The van der Waals surface area contributed by atoms with Gasteiger partial charge in [-0.2, -0.15) is 10.1 Å². The summed E-state index contributed by atoms with van der Waals surface area (Å²) in [6.45, 7) is 1.81. The van der Waals surface area contributed by atoms with Crippen LogP contribution in [0.3, 0.4) is 0 Å². The van der Waals surface area contributed by atoms with Crippen LogP contribution in [0.1, 0.15) is 12.7 Å². The highest BCUT2D eigenvalue weighted by molar-refractivity contribution is 6.32. The second-order valence-corrected chi connectivity index (χ2v) is 6.70. The standard InChI is InChI=1S/C22H16N6O2/c1-15-20(22(29)28(24-15)18-5-3-2-4-6-18)13-19-11-12-21(30-19)16-7-9-17(10-8-16)27-14-23-25-26-27/h2-14H,1H3/b20-13-. The molecule has 0 saturated heterocycles. The molecule has 3 heterocycles. The van der Waals surface area contributed by atoms with Crippen molar-refractivity contribution in [2.45, 2.75) is 6.92 Å². The third kappa shape index (κ3) is 3.20. The SMILES string of the molecule is CC1=NN(c2ccccc2)C(=O)/C1=C\c1ccc(-c2ccc(-n3cnnn3)cc2)o1. The first-order chi connectivity index (χ1) is 14.7. The maximum atomic E-state index is 12.8. The Hall–Kier alpha value is -4.33. The second kappa shape index (κ2) is 7.25. The van der Waals surface area contributed by atoms with Crippen LogP contribution in [0.4, 0.5) is 5.69 Å². The smallest absolute Gasteiger partial charge is 0.280 e. The summed E-state index contributed by atoms with van der Waals surface area (Å²) in [7, 11) is 0. The molecule has 4 aromatic rings. The minimum atomic E-state index is -0.178. The zero-order valence-corrected chi connectivity index (χ0v) is 16.0. The third-order valence-corrected chi connectivity index (χ3v) is 4.74. The zero-order valence-electron chi connectivity index (χ0n) is 16.0. The first-order valence-electron chi connectivity index (χ1n) is 9.29. The van der Waals surface area contributed by atoms with Crippen molar-refractivity contribution in [3.8, 4) is 17.0 Å². The lowest BCUT2D eigenvalue weighted by Crippen LogP contribution is -2.21. The van der Waals surface area contributed by atoms with Crippen molar-refractivity contribution in [1.29, 1.82) is 0 Å². The lowest BCUT2D eigenvalue weighted by Gasteiger charge is -2.10. The Morgan fingerprint density at radius 3 is 2.47 bits per heavy atom. The van der Waals surface area contributed by atoms with Crippen LogP contribution in [0, 0.1) is 0 Å². The van der Waals surface area contributed by atoms with Gasteiger partial charge in [-0.15, -0.1) is 5.10 Å². The highest BCUT2D eigenvalue weighted by atomic mass is 16.3. The molecule has 0 unspecified atom stereocenters. The van der Waals surface area contributed by atoms with Crippen molar-refractivity contribution in [3.05, 3.63) is 84.4 Å². The Kier molecular flexibility index (Phi) is 4.29. The Labute approximate surface area is 171 Å². The van der Waals surface area contributed by atoms with E-state index in [0.29, 0.717) is 22.8 Å². The molecule has 0 radical (unpaired) electrons. The van der Waals surface area contributed by atoms with E-state index in [1.54, 1.807) is 10.8 Å². The van der Waals surface area contributed by atoms with Crippen LogP contribution in [-0.2, 0) is 4.79 Å². The van der Waals surface area contributed by atoms with Crippen molar-refractivity contribution in [1.82, 2.24) is 20.2 Å². The summed E-state index contributed by atoms with van der Waals surface area (Å²) in [5.41, 5.74) is 3.64. The van der Waals surface area contributed by atoms with E-state index in [4.69, 9.17) is 4.42 Å². The molecule has 2 aromatic carbocycles. The fourth-order valence-corrected chi connectivity index (χ4v) is 3.21. The number of tetrazole rings is 1. The molecule has 0 saturated carbocycles. The molecule has 30 heavy (non-hydrogen) atoms. The monoisotopic (exact) mass is 396 g/mol. The first-order valence-corrected chi connectivity index (χ1v) is 9.29. The van der Waals surface area contributed by atoms with Crippen LogP contribution in [0.5, 0.6) is 0 Å². The summed E-state index contributed by atoms with van der Waals surface area (Å²) in [4.78, 5) is 12.8. The molecule has 1 aliphatic rings. The van der Waals surface area contributed by atoms with E-state index >= 15 is 0 Å². The molecule has 0 bridgehead atoms. The maximum Gasteiger partial charge on any atom is 0.280 e. The highest BCUT2D eigenvalue weighted by Crippen LogP contribution is 2.27. The topological polar surface area (TPSA) is 89.4 Å². The molecule has 1 aliphatic heterocycles. The van der Waals surface area contributed by atoms with E-state index in [2.05, 4.69) is 20.6 Å². The fraction of sp³-hybridized carbons (Fsp3) is 0.0455. The van der Waals surface area contributed by atoms with Gasteiger partial charge in [0.2, 0.25) is 0 Å². The van der Waals surface area contributed by atoms with Gasteiger partial charge in [-0.05, 0) is 72.0 Å². The quantitative estimate of drug-likeness (QED) is 0.491.